The van der Waals surface area contributed by atoms with Crippen LogP contribution in [0.2, 0.25) is 0 Å². The van der Waals surface area contributed by atoms with Gasteiger partial charge in [0.25, 0.3) is 0 Å². The Kier molecular flexibility index (Phi) is 5.73. The van der Waals surface area contributed by atoms with Crippen molar-refractivity contribution in [3.05, 3.63) is 0 Å². The van der Waals surface area contributed by atoms with Crippen molar-refractivity contribution in [1.29, 1.82) is 0 Å². The lowest BCUT2D eigenvalue weighted by Crippen LogP contribution is -2.42. The molecule has 1 rings (SSSR count). The van der Waals surface area contributed by atoms with E-state index in [0.717, 1.165) is 38.8 Å². The summed E-state index contributed by atoms with van der Waals surface area (Å²) in [6, 6.07) is 0.594. The van der Waals surface area contributed by atoms with Crippen LogP contribution in [0.1, 0.15) is 46.5 Å². The van der Waals surface area contributed by atoms with Crippen LogP contribution in [-0.2, 0) is 4.74 Å². The molecule has 0 aliphatic carbocycles. The van der Waals surface area contributed by atoms with E-state index in [0.29, 0.717) is 12.1 Å². The van der Waals surface area contributed by atoms with E-state index in [1.165, 1.54) is 0 Å². The van der Waals surface area contributed by atoms with Crippen molar-refractivity contribution in [3.8, 4) is 0 Å². The fraction of sp³-hybridized carbons (Fsp3) is 1.00. The number of hydrogen-bond donors (Lipinski definition) is 2. The van der Waals surface area contributed by atoms with Gasteiger partial charge < -0.3 is 15.2 Å². The third-order valence-corrected chi connectivity index (χ3v) is 3.48. The molecular formula is C13H27NO2. The number of hydrogen-bond acceptors (Lipinski definition) is 3. The van der Waals surface area contributed by atoms with Gasteiger partial charge in [0.05, 0.1) is 6.10 Å². The maximum atomic E-state index is 8.97. The summed E-state index contributed by atoms with van der Waals surface area (Å²) >= 11 is 0. The van der Waals surface area contributed by atoms with Crippen molar-refractivity contribution < 1.29 is 9.84 Å². The molecule has 0 spiro atoms. The molecule has 1 fully saturated rings. The highest BCUT2D eigenvalue weighted by Crippen LogP contribution is 2.21. The van der Waals surface area contributed by atoms with Crippen molar-refractivity contribution in [2.45, 2.75) is 58.6 Å². The highest BCUT2D eigenvalue weighted by atomic mass is 16.5. The first kappa shape index (κ1) is 13.9. The molecule has 1 aliphatic heterocycles. The Bertz CT molecular complexity index is 194. The van der Waals surface area contributed by atoms with Gasteiger partial charge in [0.1, 0.15) is 0 Å². The lowest BCUT2D eigenvalue weighted by atomic mass is 9.89. The van der Waals surface area contributed by atoms with Gasteiger partial charge in [-0.1, -0.05) is 20.8 Å². The summed E-state index contributed by atoms with van der Waals surface area (Å²) in [4.78, 5) is 0. The topological polar surface area (TPSA) is 41.5 Å². The normalized spacial score (nSPS) is 27.0. The molecule has 0 aromatic heterocycles. The molecule has 0 bridgehead atoms. The highest BCUT2D eigenvalue weighted by Gasteiger charge is 2.23. The predicted octanol–water partition coefficient (Wildman–Crippen LogP) is 1.94. The van der Waals surface area contributed by atoms with Crippen LogP contribution < -0.4 is 5.32 Å². The summed E-state index contributed by atoms with van der Waals surface area (Å²) < 4.78 is 5.66. The van der Waals surface area contributed by atoms with E-state index < -0.39 is 0 Å². The van der Waals surface area contributed by atoms with Gasteiger partial charge in [-0.25, -0.2) is 0 Å². The smallest absolute Gasteiger partial charge is 0.0587 e. The molecule has 0 aromatic carbocycles. The molecule has 2 N–H and O–H groups in total. The minimum Gasteiger partial charge on any atom is -0.396 e. The average Bonchev–Trinajstić information content (AvgIpc) is 2.27. The number of ether oxygens (including phenoxy) is 1. The molecular weight excluding hydrogens is 202 g/mol. The van der Waals surface area contributed by atoms with Crippen LogP contribution in [0.15, 0.2) is 0 Å². The molecule has 0 amide bonds. The van der Waals surface area contributed by atoms with Crippen molar-refractivity contribution in [2.75, 3.05) is 19.8 Å². The lowest BCUT2D eigenvalue weighted by Gasteiger charge is -2.33. The molecule has 0 radical (unpaired) electrons. The Hall–Kier alpha value is -0.120. The largest absolute Gasteiger partial charge is 0.396 e. The number of aliphatic hydroxyl groups is 1. The first-order valence-corrected chi connectivity index (χ1v) is 6.53. The monoisotopic (exact) mass is 229 g/mol. The molecule has 3 heteroatoms. The summed E-state index contributed by atoms with van der Waals surface area (Å²) in [5.41, 5.74) is 0.189. The summed E-state index contributed by atoms with van der Waals surface area (Å²) in [6.07, 6.45) is 4.66. The SMILES string of the molecule is CCC1CC(NCC(C)(C)CCO)CCO1. The van der Waals surface area contributed by atoms with Crippen LogP contribution in [0.3, 0.4) is 0 Å². The zero-order valence-corrected chi connectivity index (χ0v) is 11.0. The summed E-state index contributed by atoms with van der Waals surface area (Å²) in [5.74, 6) is 0. The minimum absolute atomic E-state index is 0.189. The Morgan fingerprint density at radius 3 is 2.81 bits per heavy atom. The zero-order chi connectivity index (χ0) is 12.0. The molecule has 96 valence electrons. The Labute approximate surface area is 99.6 Å². The molecule has 3 nitrogen and oxygen atoms in total. The average molecular weight is 229 g/mol. The van der Waals surface area contributed by atoms with Gasteiger partial charge >= 0.3 is 0 Å². The van der Waals surface area contributed by atoms with Crippen LogP contribution in [0, 0.1) is 5.41 Å². The molecule has 2 atom stereocenters. The van der Waals surface area contributed by atoms with E-state index in [1.807, 2.05) is 0 Å². The van der Waals surface area contributed by atoms with Crippen molar-refractivity contribution >= 4 is 0 Å². The standard InChI is InChI=1S/C13H27NO2/c1-4-12-9-11(5-8-16-12)14-10-13(2,3)6-7-15/h11-12,14-15H,4-10H2,1-3H3. The van der Waals surface area contributed by atoms with Crippen LogP contribution in [-0.4, -0.2) is 37.0 Å². The van der Waals surface area contributed by atoms with E-state index in [4.69, 9.17) is 9.84 Å². The van der Waals surface area contributed by atoms with E-state index in [2.05, 4.69) is 26.1 Å². The molecule has 1 aliphatic rings. The summed E-state index contributed by atoms with van der Waals surface area (Å²) in [5, 5.41) is 12.6. The van der Waals surface area contributed by atoms with Gasteiger partial charge in [-0.2, -0.15) is 0 Å². The van der Waals surface area contributed by atoms with Crippen LogP contribution >= 0.6 is 0 Å². The lowest BCUT2D eigenvalue weighted by molar-refractivity contribution is -0.00179. The van der Waals surface area contributed by atoms with Crippen molar-refractivity contribution in [1.82, 2.24) is 5.32 Å². The van der Waals surface area contributed by atoms with Gasteiger partial charge in [-0.3, -0.25) is 0 Å². The maximum absolute atomic E-state index is 8.97. The molecule has 1 heterocycles. The van der Waals surface area contributed by atoms with E-state index >= 15 is 0 Å². The molecule has 0 saturated carbocycles. The third-order valence-electron chi connectivity index (χ3n) is 3.48. The molecule has 2 unspecified atom stereocenters. The minimum atomic E-state index is 0.189. The van der Waals surface area contributed by atoms with Gasteiger partial charge in [0.2, 0.25) is 0 Å². The fourth-order valence-electron chi connectivity index (χ4n) is 2.16. The molecule has 16 heavy (non-hydrogen) atoms. The quantitative estimate of drug-likeness (QED) is 0.731. The van der Waals surface area contributed by atoms with E-state index in [-0.39, 0.29) is 12.0 Å². The number of nitrogens with one attached hydrogen (secondary N) is 1. The third kappa shape index (κ3) is 4.81. The van der Waals surface area contributed by atoms with E-state index in [1.54, 1.807) is 0 Å². The van der Waals surface area contributed by atoms with Crippen molar-refractivity contribution in [2.24, 2.45) is 5.41 Å². The second-order valence-electron chi connectivity index (χ2n) is 5.64. The first-order valence-electron chi connectivity index (χ1n) is 6.53. The second-order valence-corrected chi connectivity index (χ2v) is 5.64. The van der Waals surface area contributed by atoms with Crippen LogP contribution in [0.5, 0.6) is 0 Å². The summed E-state index contributed by atoms with van der Waals surface area (Å²) in [6.45, 7) is 8.73. The van der Waals surface area contributed by atoms with Crippen LogP contribution in [0.25, 0.3) is 0 Å². The van der Waals surface area contributed by atoms with Gasteiger partial charge in [0, 0.05) is 25.8 Å². The number of aliphatic hydroxyl groups excluding tert-OH is 1. The molecule has 0 aromatic rings. The number of rotatable bonds is 6. The zero-order valence-electron chi connectivity index (χ0n) is 11.0. The maximum Gasteiger partial charge on any atom is 0.0587 e. The fourth-order valence-corrected chi connectivity index (χ4v) is 2.16. The van der Waals surface area contributed by atoms with Crippen molar-refractivity contribution in [3.63, 3.8) is 0 Å². The first-order chi connectivity index (χ1) is 7.57. The van der Waals surface area contributed by atoms with Crippen LogP contribution in [0.4, 0.5) is 0 Å². The Morgan fingerprint density at radius 1 is 1.44 bits per heavy atom. The highest BCUT2D eigenvalue weighted by molar-refractivity contribution is 4.79. The second kappa shape index (κ2) is 6.58. The summed E-state index contributed by atoms with van der Waals surface area (Å²) in [7, 11) is 0. The Morgan fingerprint density at radius 2 is 2.19 bits per heavy atom. The van der Waals surface area contributed by atoms with Gasteiger partial charge in [-0.15, -0.1) is 0 Å². The van der Waals surface area contributed by atoms with Gasteiger partial charge in [0.15, 0.2) is 0 Å². The Balaban J connectivity index is 2.26. The predicted molar refractivity (Wildman–Crippen MR) is 66.5 cm³/mol. The van der Waals surface area contributed by atoms with E-state index in [9.17, 15) is 0 Å². The molecule has 1 saturated heterocycles. The van der Waals surface area contributed by atoms with Gasteiger partial charge in [-0.05, 0) is 31.1 Å².